The molecule has 0 atom stereocenters. The van der Waals surface area contributed by atoms with Gasteiger partial charge in [-0.05, 0) is 75.3 Å². The van der Waals surface area contributed by atoms with Gasteiger partial charge in [-0.3, -0.25) is 4.79 Å². The molecule has 0 aromatic carbocycles. The van der Waals surface area contributed by atoms with Gasteiger partial charge in [0.05, 0.1) is 25.1 Å². The molecule has 0 fully saturated rings. The smallest absolute Gasteiger partial charge is 0.159 e. The largest absolute Gasteiger partial charge is 0.472 e. The number of furan rings is 2. The lowest BCUT2D eigenvalue weighted by Gasteiger charge is -2.02. The van der Waals surface area contributed by atoms with Crippen LogP contribution in [0.4, 0.5) is 0 Å². The van der Waals surface area contributed by atoms with Crippen LogP contribution in [-0.4, -0.2) is 5.78 Å². The zero-order chi connectivity index (χ0) is 17.2. The Morgan fingerprint density at radius 2 is 1.67 bits per heavy atom. The molecule has 0 bridgehead atoms. The number of aryl methyl sites for hydroxylation is 2. The molecule has 2 heterocycles. The van der Waals surface area contributed by atoms with Gasteiger partial charge in [-0.25, -0.2) is 0 Å². The molecule has 0 aliphatic rings. The third kappa shape index (κ3) is 6.86. The lowest BCUT2D eigenvalue weighted by atomic mass is 10.0. The Balaban J connectivity index is 1.67. The van der Waals surface area contributed by atoms with Crippen LogP contribution in [0.15, 0.2) is 69.3 Å². The fourth-order valence-corrected chi connectivity index (χ4v) is 2.67. The van der Waals surface area contributed by atoms with Gasteiger partial charge in [0.25, 0.3) is 0 Å². The monoisotopic (exact) mass is 326 g/mol. The number of carbonyl (C=O) groups is 1. The Bertz CT molecular complexity index is 658. The second-order valence-electron chi connectivity index (χ2n) is 6.34. The summed E-state index contributed by atoms with van der Waals surface area (Å²) in [6, 6.07) is 3.96. The summed E-state index contributed by atoms with van der Waals surface area (Å²) in [4.78, 5) is 12.1. The van der Waals surface area contributed by atoms with Crippen molar-refractivity contribution in [1.82, 2.24) is 0 Å². The first-order chi connectivity index (χ1) is 11.6. The van der Waals surface area contributed by atoms with Crippen molar-refractivity contribution in [3.8, 4) is 0 Å². The van der Waals surface area contributed by atoms with E-state index < -0.39 is 0 Å². The van der Waals surface area contributed by atoms with E-state index in [1.807, 2.05) is 26.0 Å². The van der Waals surface area contributed by atoms with Crippen molar-refractivity contribution in [1.29, 1.82) is 0 Å². The summed E-state index contributed by atoms with van der Waals surface area (Å²) in [5, 5.41) is 0. The third-order valence-electron chi connectivity index (χ3n) is 3.98. The highest BCUT2D eigenvalue weighted by atomic mass is 16.3. The molecule has 0 radical (unpaired) electrons. The molecular weight excluding hydrogens is 300 g/mol. The molecule has 24 heavy (non-hydrogen) atoms. The second-order valence-corrected chi connectivity index (χ2v) is 6.34. The summed E-state index contributed by atoms with van der Waals surface area (Å²) in [5.74, 6) is 0.188. The van der Waals surface area contributed by atoms with Crippen LogP contribution in [0.25, 0.3) is 0 Å². The predicted molar refractivity (Wildman–Crippen MR) is 95.8 cm³/mol. The van der Waals surface area contributed by atoms with E-state index in [0.717, 1.165) is 43.3 Å². The van der Waals surface area contributed by atoms with E-state index in [9.17, 15) is 4.79 Å². The Hall–Kier alpha value is -2.29. The number of ketones is 1. The Labute approximate surface area is 144 Å². The van der Waals surface area contributed by atoms with Crippen LogP contribution < -0.4 is 0 Å². The first-order valence-electron chi connectivity index (χ1n) is 8.51. The van der Waals surface area contributed by atoms with Gasteiger partial charge in [0.15, 0.2) is 5.78 Å². The van der Waals surface area contributed by atoms with Gasteiger partial charge in [0.1, 0.15) is 0 Å². The van der Waals surface area contributed by atoms with E-state index in [4.69, 9.17) is 8.83 Å². The van der Waals surface area contributed by atoms with Crippen molar-refractivity contribution in [2.75, 3.05) is 0 Å². The van der Waals surface area contributed by atoms with Crippen LogP contribution >= 0.6 is 0 Å². The van der Waals surface area contributed by atoms with Crippen LogP contribution in [-0.2, 0) is 17.6 Å². The molecule has 0 saturated carbocycles. The lowest BCUT2D eigenvalue weighted by Crippen LogP contribution is -1.96. The molecule has 2 aromatic rings. The van der Waals surface area contributed by atoms with Crippen molar-refractivity contribution < 1.29 is 13.6 Å². The Morgan fingerprint density at radius 1 is 1.00 bits per heavy atom. The number of allylic oxidation sites excluding steroid dienone is 4. The minimum Gasteiger partial charge on any atom is -0.472 e. The number of carbonyl (C=O) groups excluding carboxylic acids is 1. The Morgan fingerprint density at radius 3 is 2.29 bits per heavy atom. The average molecular weight is 326 g/mol. The highest BCUT2D eigenvalue weighted by Crippen LogP contribution is 2.12. The fraction of sp³-hybridized carbons (Fsp3) is 0.381. The molecule has 0 unspecified atom stereocenters. The number of rotatable bonds is 10. The van der Waals surface area contributed by atoms with Crippen molar-refractivity contribution in [2.45, 2.75) is 52.4 Å². The van der Waals surface area contributed by atoms with Gasteiger partial charge < -0.3 is 8.83 Å². The van der Waals surface area contributed by atoms with Gasteiger partial charge in [-0.15, -0.1) is 0 Å². The van der Waals surface area contributed by atoms with Gasteiger partial charge in [-0.1, -0.05) is 17.2 Å². The van der Waals surface area contributed by atoms with Crippen LogP contribution in [0.3, 0.4) is 0 Å². The quantitative estimate of drug-likeness (QED) is 0.417. The average Bonchev–Trinajstić information content (AvgIpc) is 3.20. The van der Waals surface area contributed by atoms with E-state index in [1.54, 1.807) is 31.1 Å². The summed E-state index contributed by atoms with van der Waals surface area (Å²) in [6.45, 7) is 4.06. The normalized spacial score (nSPS) is 12.6. The van der Waals surface area contributed by atoms with Crippen molar-refractivity contribution in [2.24, 2.45) is 0 Å². The molecule has 0 saturated heterocycles. The first-order valence-corrected chi connectivity index (χ1v) is 8.51. The lowest BCUT2D eigenvalue weighted by molar-refractivity contribution is -0.114. The van der Waals surface area contributed by atoms with E-state index >= 15 is 0 Å². The first kappa shape index (κ1) is 18.1. The van der Waals surface area contributed by atoms with Gasteiger partial charge in [-0.2, -0.15) is 0 Å². The maximum absolute atomic E-state index is 12.1. The van der Waals surface area contributed by atoms with Gasteiger partial charge in [0, 0.05) is 6.42 Å². The SMILES string of the molecule is CC(=CC(=O)CC(C)=CCCc1ccoc1)CCCc1ccoc1. The summed E-state index contributed by atoms with van der Waals surface area (Å²) in [5.41, 5.74) is 4.69. The topological polar surface area (TPSA) is 43.4 Å². The maximum Gasteiger partial charge on any atom is 0.159 e. The van der Waals surface area contributed by atoms with Crippen LogP contribution in [0.2, 0.25) is 0 Å². The third-order valence-corrected chi connectivity index (χ3v) is 3.98. The molecule has 3 heteroatoms. The van der Waals surface area contributed by atoms with Crippen LogP contribution in [0.5, 0.6) is 0 Å². The van der Waals surface area contributed by atoms with Crippen LogP contribution in [0.1, 0.15) is 50.7 Å². The summed E-state index contributed by atoms with van der Waals surface area (Å²) >= 11 is 0. The number of hydrogen-bond donors (Lipinski definition) is 0. The van der Waals surface area contributed by atoms with Gasteiger partial charge >= 0.3 is 0 Å². The zero-order valence-electron chi connectivity index (χ0n) is 14.6. The molecule has 128 valence electrons. The molecular formula is C21H26O3. The predicted octanol–water partition coefficient (Wildman–Crippen LogP) is 5.68. The van der Waals surface area contributed by atoms with Crippen molar-refractivity contribution in [3.63, 3.8) is 0 Å². The van der Waals surface area contributed by atoms with E-state index in [2.05, 4.69) is 6.08 Å². The van der Waals surface area contributed by atoms with E-state index in [0.29, 0.717) is 6.42 Å². The molecule has 0 aliphatic heterocycles. The maximum atomic E-state index is 12.1. The Kier molecular flexibility index (Phi) is 7.34. The van der Waals surface area contributed by atoms with Crippen LogP contribution in [0, 0.1) is 0 Å². The highest BCUT2D eigenvalue weighted by molar-refractivity contribution is 5.91. The fourth-order valence-electron chi connectivity index (χ4n) is 2.67. The van der Waals surface area contributed by atoms with E-state index in [-0.39, 0.29) is 5.78 Å². The summed E-state index contributed by atoms with van der Waals surface area (Å²) < 4.78 is 10.1. The van der Waals surface area contributed by atoms with Gasteiger partial charge in [0.2, 0.25) is 0 Å². The molecule has 2 aromatic heterocycles. The van der Waals surface area contributed by atoms with E-state index in [1.165, 1.54) is 11.1 Å². The molecule has 0 aliphatic carbocycles. The minimum absolute atomic E-state index is 0.188. The molecule has 0 N–H and O–H groups in total. The molecule has 0 amide bonds. The molecule has 0 spiro atoms. The minimum atomic E-state index is 0.188. The highest BCUT2D eigenvalue weighted by Gasteiger charge is 2.02. The number of hydrogen-bond acceptors (Lipinski definition) is 3. The van der Waals surface area contributed by atoms with Crippen molar-refractivity contribution >= 4 is 5.78 Å². The standard InChI is InChI=1S/C21H26O3/c1-17(5-3-7-19-9-11-23-15-19)13-21(22)14-18(2)6-4-8-20-10-12-24-16-20/h5,9-12,14-16H,3-4,6-8,13H2,1-2H3. The zero-order valence-corrected chi connectivity index (χ0v) is 14.6. The summed E-state index contributed by atoms with van der Waals surface area (Å²) in [7, 11) is 0. The second kappa shape index (κ2) is 9.76. The van der Waals surface area contributed by atoms with Crippen molar-refractivity contribution in [3.05, 3.63) is 71.6 Å². The molecule has 3 nitrogen and oxygen atoms in total. The molecule has 2 rings (SSSR count). The summed E-state index contributed by atoms with van der Waals surface area (Å²) in [6.07, 6.45) is 16.2.